The number of halogens is 1. The number of benzene rings is 1. The summed E-state index contributed by atoms with van der Waals surface area (Å²) >= 11 is 3.50. The minimum atomic E-state index is 0.822. The second kappa shape index (κ2) is 8.60. The molecule has 106 valence electrons. The summed E-state index contributed by atoms with van der Waals surface area (Å²) in [7, 11) is 0. The Kier molecular flexibility index (Phi) is 6.72. The van der Waals surface area contributed by atoms with Crippen LogP contribution in [0.15, 0.2) is 28.7 Å². The summed E-state index contributed by atoms with van der Waals surface area (Å²) in [6.07, 6.45) is 7.93. The van der Waals surface area contributed by atoms with Crippen molar-refractivity contribution in [3.63, 3.8) is 0 Å². The van der Waals surface area contributed by atoms with E-state index in [0.29, 0.717) is 0 Å². The van der Waals surface area contributed by atoms with Gasteiger partial charge in [-0.2, -0.15) is 0 Å². The fourth-order valence-corrected chi connectivity index (χ4v) is 2.94. The molecule has 0 amide bonds. The predicted octanol–water partition coefficient (Wildman–Crippen LogP) is 4.48. The van der Waals surface area contributed by atoms with Gasteiger partial charge in [0.15, 0.2) is 0 Å². The van der Waals surface area contributed by atoms with Crippen molar-refractivity contribution in [2.75, 3.05) is 26.2 Å². The van der Waals surface area contributed by atoms with Crippen molar-refractivity contribution in [3.8, 4) is 5.75 Å². The van der Waals surface area contributed by atoms with Gasteiger partial charge in [0.25, 0.3) is 0 Å². The van der Waals surface area contributed by atoms with Crippen LogP contribution in [-0.2, 0) is 0 Å². The van der Waals surface area contributed by atoms with Gasteiger partial charge in [0.2, 0.25) is 0 Å². The Morgan fingerprint density at radius 1 is 1.00 bits per heavy atom. The Hall–Kier alpha value is -0.540. The van der Waals surface area contributed by atoms with Crippen LogP contribution in [0.2, 0.25) is 0 Å². The van der Waals surface area contributed by atoms with E-state index in [1.54, 1.807) is 0 Å². The highest BCUT2D eigenvalue weighted by Crippen LogP contribution is 2.23. The number of nitrogens with zero attached hydrogens (tertiary/aromatic N) is 1. The number of ether oxygens (including phenoxy) is 1. The smallest absolute Gasteiger partial charge is 0.133 e. The molecule has 0 N–H and O–H groups in total. The van der Waals surface area contributed by atoms with Gasteiger partial charge in [-0.25, -0.2) is 0 Å². The molecule has 0 spiro atoms. The zero-order valence-corrected chi connectivity index (χ0v) is 13.2. The molecule has 3 heteroatoms. The van der Waals surface area contributed by atoms with Crippen LogP contribution in [0.5, 0.6) is 5.75 Å². The lowest BCUT2D eigenvalue weighted by molar-refractivity contribution is 0.221. The van der Waals surface area contributed by atoms with Crippen LogP contribution >= 0.6 is 15.9 Å². The fourth-order valence-electron chi connectivity index (χ4n) is 2.54. The molecule has 0 saturated carbocycles. The number of rotatable bonds is 7. The van der Waals surface area contributed by atoms with Gasteiger partial charge in [0, 0.05) is 0 Å². The summed E-state index contributed by atoms with van der Waals surface area (Å²) < 4.78 is 6.81. The van der Waals surface area contributed by atoms with Crippen molar-refractivity contribution in [2.45, 2.75) is 38.5 Å². The van der Waals surface area contributed by atoms with Crippen LogP contribution in [0.1, 0.15) is 38.5 Å². The molecule has 1 aliphatic rings. The van der Waals surface area contributed by atoms with E-state index in [1.165, 1.54) is 51.7 Å². The molecule has 0 aromatic heterocycles. The van der Waals surface area contributed by atoms with Gasteiger partial charge in [0.1, 0.15) is 5.75 Å². The molecule has 2 nitrogen and oxygen atoms in total. The fraction of sp³-hybridized carbons (Fsp3) is 0.625. The Bertz CT molecular complexity index is 364. The molecule has 0 unspecified atom stereocenters. The standard InChI is InChI=1S/C16H24BrNO/c17-15-9-3-4-10-16(15)19-14-8-2-7-13-18-11-5-1-6-12-18/h3-4,9-10H,1-2,5-8,11-14H2. The van der Waals surface area contributed by atoms with E-state index in [0.717, 1.165) is 23.2 Å². The lowest BCUT2D eigenvalue weighted by Gasteiger charge is -2.26. The van der Waals surface area contributed by atoms with E-state index < -0.39 is 0 Å². The van der Waals surface area contributed by atoms with Crippen LogP contribution in [0, 0.1) is 0 Å². The monoisotopic (exact) mass is 325 g/mol. The maximum Gasteiger partial charge on any atom is 0.133 e. The van der Waals surface area contributed by atoms with E-state index in [4.69, 9.17) is 4.74 Å². The molecule has 1 fully saturated rings. The van der Waals surface area contributed by atoms with Crippen LogP contribution in [0.25, 0.3) is 0 Å². The topological polar surface area (TPSA) is 12.5 Å². The summed E-state index contributed by atoms with van der Waals surface area (Å²) in [5.74, 6) is 0.957. The molecule has 19 heavy (non-hydrogen) atoms. The molecule has 1 aromatic carbocycles. The maximum absolute atomic E-state index is 5.77. The van der Waals surface area contributed by atoms with Crippen molar-refractivity contribution >= 4 is 15.9 Å². The average molecular weight is 326 g/mol. The summed E-state index contributed by atoms with van der Waals surface area (Å²) in [5, 5.41) is 0. The van der Waals surface area contributed by atoms with Crippen LogP contribution in [0.3, 0.4) is 0 Å². The largest absolute Gasteiger partial charge is 0.492 e. The normalized spacial score (nSPS) is 16.5. The first kappa shape index (κ1) is 14.9. The predicted molar refractivity (Wildman–Crippen MR) is 83.8 cm³/mol. The molecule has 0 radical (unpaired) electrons. The Morgan fingerprint density at radius 2 is 1.79 bits per heavy atom. The van der Waals surface area contributed by atoms with E-state index in [-0.39, 0.29) is 0 Å². The zero-order valence-electron chi connectivity index (χ0n) is 11.6. The van der Waals surface area contributed by atoms with Gasteiger partial charge in [-0.05, 0) is 79.8 Å². The first-order valence-corrected chi connectivity index (χ1v) is 8.25. The third kappa shape index (κ3) is 5.53. The highest BCUT2D eigenvalue weighted by atomic mass is 79.9. The third-order valence-corrected chi connectivity index (χ3v) is 4.32. The van der Waals surface area contributed by atoms with E-state index >= 15 is 0 Å². The van der Waals surface area contributed by atoms with Crippen molar-refractivity contribution in [1.82, 2.24) is 4.90 Å². The van der Waals surface area contributed by atoms with Gasteiger partial charge in [-0.3, -0.25) is 0 Å². The number of hydrogen-bond donors (Lipinski definition) is 0. The van der Waals surface area contributed by atoms with Crippen molar-refractivity contribution in [2.24, 2.45) is 0 Å². The quantitative estimate of drug-likeness (QED) is 0.685. The zero-order chi connectivity index (χ0) is 13.3. The van der Waals surface area contributed by atoms with E-state index in [9.17, 15) is 0 Å². The van der Waals surface area contributed by atoms with Gasteiger partial charge in [-0.15, -0.1) is 0 Å². The Morgan fingerprint density at radius 3 is 2.58 bits per heavy atom. The van der Waals surface area contributed by atoms with Gasteiger partial charge in [0.05, 0.1) is 11.1 Å². The Labute approximate surface area is 125 Å². The molecule has 0 aliphatic carbocycles. The molecular weight excluding hydrogens is 302 g/mol. The summed E-state index contributed by atoms with van der Waals surface area (Å²) in [6.45, 7) is 4.72. The number of unbranched alkanes of at least 4 members (excludes halogenated alkanes) is 2. The number of piperidine rings is 1. The van der Waals surface area contributed by atoms with Crippen LogP contribution < -0.4 is 4.74 Å². The van der Waals surface area contributed by atoms with E-state index in [2.05, 4.69) is 20.8 Å². The first-order valence-electron chi connectivity index (χ1n) is 7.46. The van der Waals surface area contributed by atoms with Gasteiger partial charge >= 0.3 is 0 Å². The van der Waals surface area contributed by atoms with Crippen LogP contribution in [0.4, 0.5) is 0 Å². The molecule has 0 atom stereocenters. The second-order valence-electron chi connectivity index (χ2n) is 5.24. The lowest BCUT2D eigenvalue weighted by Crippen LogP contribution is -2.30. The van der Waals surface area contributed by atoms with Gasteiger partial charge in [-0.1, -0.05) is 18.6 Å². The molecule has 1 aromatic rings. The molecule has 1 saturated heterocycles. The highest BCUT2D eigenvalue weighted by Gasteiger charge is 2.08. The molecule has 0 bridgehead atoms. The molecule has 2 rings (SSSR count). The third-order valence-electron chi connectivity index (χ3n) is 3.66. The van der Waals surface area contributed by atoms with Crippen molar-refractivity contribution in [1.29, 1.82) is 0 Å². The summed E-state index contributed by atoms with van der Waals surface area (Å²) in [5.41, 5.74) is 0. The molecular formula is C16H24BrNO. The SMILES string of the molecule is Brc1ccccc1OCCCCCN1CCCCC1. The number of para-hydroxylation sites is 1. The number of hydrogen-bond acceptors (Lipinski definition) is 2. The molecule has 1 aliphatic heterocycles. The summed E-state index contributed by atoms with van der Waals surface area (Å²) in [4.78, 5) is 2.61. The van der Waals surface area contributed by atoms with Gasteiger partial charge < -0.3 is 9.64 Å². The number of likely N-dealkylation sites (tertiary alicyclic amines) is 1. The van der Waals surface area contributed by atoms with Crippen molar-refractivity contribution < 1.29 is 4.74 Å². The highest BCUT2D eigenvalue weighted by molar-refractivity contribution is 9.10. The average Bonchev–Trinajstić information content (AvgIpc) is 2.45. The lowest BCUT2D eigenvalue weighted by atomic mass is 10.1. The maximum atomic E-state index is 5.77. The van der Waals surface area contributed by atoms with E-state index in [1.807, 2.05) is 24.3 Å². The second-order valence-corrected chi connectivity index (χ2v) is 6.10. The Balaban J connectivity index is 1.51. The minimum absolute atomic E-state index is 0.822. The first-order chi connectivity index (χ1) is 9.36. The van der Waals surface area contributed by atoms with Crippen LogP contribution in [-0.4, -0.2) is 31.1 Å². The van der Waals surface area contributed by atoms with Crippen molar-refractivity contribution in [3.05, 3.63) is 28.7 Å². The molecule has 1 heterocycles. The summed E-state index contributed by atoms with van der Waals surface area (Å²) in [6, 6.07) is 8.05. The minimum Gasteiger partial charge on any atom is -0.492 e.